The van der Waals surface area contributed by atoms with Crippen LogP contribution in [-0.2, 0) is 13.6 Å². The average Bonchev–Trinajstić information content (AvgIpc) is 2.41. The third-order valence-electron chi connectivity index (χ3n) is 2.56. The number of aryl methyl sites for hydroxylation is 1. The molecular formula is C13H12ClN3O2. The van der Waals surface area contributed by atoms with E-state index in [0.717, 1.165) is 10.2 Å². The van der Waals surface area contributed by atoms with Gasteiger partial charge in [0.1, 0.15) is 5.69 Å². The second-order valence-electron chi connectivity index (χ2n) is 3.99. The molecule has 5 nitrogen and oxygen atoms in total. The second kappa shape index (κ2) is 5.67. The summed E-state index contributed by atoms with van der Waals surface area (Å²) in [6, 6.07) is 9.89. The molecule has 0 saturated carbocycles. The van der Waals surface area contributed by atoms with Gasteiger partial charge in [0.15, 0.2) is 0 Å². The van der Waals surface area contributed by atoms with Crippen LogP contribution in [0.1, 0.15) is 16.1 Å². The summed E-state index contributed by atoms with van der Waals surface area (Å²) in [5.41, 5.74) is 0.882. The van der Waals surface area contributed by atoms with E-state index in [1.807, 2.05) is 12.1 Å². The second-order valence-corrected chi connectivity index (χ2v) is 4.43. The van der Waals surface area contributed by atoms with Gasteiger partial charge in [-0.25, -0.2) is 4.68 Å². The van der Waals surface area contributed by atoms with E-state index in [1.165, 1.54) is 19.2 Å². The van der Waals surface area contributed by atoms with Crippen molar-refractivity contribution in [1.82, 2.24) is 15.1 Å². The monoisotopic (exact) mass is 277 g/mol. The fourth-order valence-corrected chi connectivity index (χ4v) is 1.62. The Morgan fingerprint density at radius 1 is 1.26 bits per heavy atom. The van der Waals surface area contributed by atoms with Crippen molar-refractivity contribution < 1.29 is 4.79 Å². The molecule has 0 bridgehead atoms. The summed E-state index contributed by atoms with van der Waals surface area (Å²) in [5, 5.41) is 7.24. The van der Waals surface area contributed by atoms with Crippen LogP contribution in [0.4, 0.5) is 0 Å². The van der Waals surface area contributed by atoms with E-state index in [1.54, 1.807) is 12.1 Å². The van der Waals surface area contributed by atoms with Crippen molar-refractivity contribution in [1.29, 1.82) is 0 Å². The van der Waals surface area contributed by atoms with Crippen molar-refractivity contribution in [3.63, 3.8) is 0 Å². The van der Waals surface area contributed by atoms with Crippen LogP contribution in [-0.4, -0.2) is 15.7 Å². The largest absolute Gasteiger partial charge is 0.347 e. The average molecular weight is 278 g/mol. The minimum atomic E-state index is -0.328. The molecule has 0 aliphatic carbocycles. The first-order valence-corrected chi connectivity index (χ1v) is 6.01. The Bertz CT molecular complexity index is 650. The zero-order chi connectivity index (χ0) is 13.8. The highest BCUT2D eigenvalue weighted by Gasteiger charge is 2.07. The maximum absolute atomic E-state index is 11.8. The molecule has 1 aromatic carbocycles. The number of rotatable bonds is 3. The van der Waals surface area contributed by atoms with Crippen molar-refractivity contribution in [2.24, 2.45) is 7.05 Å². The summed E-state index contributed by atoms with van der Waals surface area (Å²) in [6.45, 7) is 0.376. The van der Waals surface area contributed by atoms with Gasteiger partial charge in [-0.15, -0.1) is 0 Å². The summed E-state index contributed by atoms with van der Waals surface area (Å²) >= 11 is 5.77. The summed E-state index contributed by atoms with van der Waals surface area (Å²) in [4.78, 5) is 23.0. The quantitative estimate of drug-likeness (QED) is 0.921. The van der Waals surface area contributed by atoms with Crippen molar-refractivity contribution in [3.8, 4) is 0 Å². The lowest BCUT2D eigenvalue weighted by molar-refractivity contribution is 0.0943. The number of aromatic nitrogens is 2. The van der Waals surface area contributed by atoms with Gasteiger partial charge in [0.2, 0.25) is 0 Å². The van der Waals surface area contributed by atoms with Gasteiger partial charge in [-0.1, -0.05) is 23.7 Å². The molecule has 1 aromatic heterocycles. The molecule has 0 saturated heterocycles. The van der Waals surface area contributed by atoms with Gasteiger partial charge in [-0.05, 0) is 23.8 Å². The standard InChI is InChI=1S/C13H12ClN3O2/c1-17-12(18)7-6-11(16-17)13(19)15-8-9-2-4-10(14)5-3-9/h2-7H,8H2,1H3,(H,15,19). The smallest absolute Gasteiger partial charge is 0.271 e. The molecule has 0 aliphatic heterocycles. The van der Waals surface area contributed by atoms with E-state index in [2.05, 4.69) is 10.4 Å². The number of hydrogen-bond donors (Lipinski definition) is 1. The summed E-state index contributed by atoms with van der Waals surface area (Å²) in [6.07, 6.45) is 0. The number of halogens is 1. The lowest BCUT2D eigenvalue weighted by Crippen LogP contribution is -2.28. The van der Waals surface area contributed by atoms with E-state index in [0.29, 0.717) is 11.6 Å². The number of benzene rings is 1. The van der Waals surface area contributed by atoms with Gasteiger partial charge in [-0.2, -0.15) is 5.10 Å². The molecule has 0 unspecified atom stereocenters. The summed E-state index contributed by atoms with van der Waals surface area (Å²) in [5.74, 6) is -0.328. The first-order chi connectivity index (χ1) is 9.06. The van der Waals surface area contributed by atoms with Crippen LogP contribution in [0.5, 0.6) is 0 Å². The number of nitrogens with one attached hydrogen (secondary N) is 1. The van der Waals surface area contributed by atoms with Crippen molar-refractivity contribution in [2.45, 2.75) is 6.54 Å². The zero-order valence-electron chi connectivity index (χ0n) is 10.3. The number of hydrogen-bond acceptors (Lipinski definition) is 3. The Balaban J connectivity index is 2.03. The van der Waals surface area contributed by atoms with Gasteiger partial charge >= 0.3 is 0 Å². The molecule has 2 aromatic rings. The SMILES string of the molecule is Cn1nc(C(=O)NCc2ccc(Cl)cc2)ccc1=O. The molecule has 0 spiro atoms. The Hall–Kier alpha value is -2.14. The third-order valence-corrected chi connectivity index (χ3v) is 2.81. The summed E-state index contributed by atoms with van der Waals surface area (Å²) in [7, 11) is 1.50. The Morgan fingerprint density at radius 2 is 1.95 bits per heavy atom. The van der Waals surface area contributed by atoms with Crippen LogP contribution < -0.4 is 10.9 Å². The molecule has 1 amide bonds. The molecule has 6 heteroatoms. The highest BCUT2D eigenvalue weighted by Crippen LogP contribution is 2.09. The number of amides is 1. The van der Waals surface area contributed by atoms with Crippen molar-refractivity contribution in [3.05, 3.63) is 63.0 Å². The highest BCUT2D eigenvalue weighted by atomic mass is 35.5. The van der Waals surface area contributed by atoms with Crippen LogP contribution in [0.25, 0.3) is 0 Å². The fraction of sp³-hybridized carbons (Fsp3) is 0.154. The summed E-state index contributed by atoms with van der Waals surface area (Å²) < 4.78 is 1.12. The van der Waals surface area contributed by atoms with E-state index < -0.39 is 0 Å². The Kier molecular flexibility index (Phi) is 3.97. The molecule has 0 radical (unpaired) electrons. The molecule has 19 heavy (non-hydrogen) atoms. The minimum Gasteiger partial charge on any atom is -0.347 e. The predicted molar refractivity (Wildman–Crippen MR) is 72.1 cm³/mol. The fourth-order valence-electron chi connectivity index (χ4n) is 1.50. The van der Waals surface area contributed by atoms with Crippen LogP contribution in [0.3, 0.4) is 0 Å². The number of carbonyl (C=O) groups is 1. The highest BCUT2D eigenvalue weighted by molar-refractivity contribution is 6.30. The lowest BCUT2D eigenvalue weighted by Gasteiger charge is -2.05. The van der Waals surface area contributed by atoms with E-state index in [9.17, 15) is 9.59 Å². The van der Waals surface area contributed by atoms with E-state index >= 15 is 0 Å². The van der Waals surface area contributed by atoms with Gasteiger partial charge in [0.05, 0.1) is 0 Å². The van der Waals surface area contributed by atoms with Crippen molar-refractivity contribution in [2.75, 3.05) is 0 Å². The van der Waals surface area contributed by atoms with E-state index in [4.69, 9.17) is 11.6 Å². The molecule has 0 aliphatic rings. The maximum atomic E-state index is 11.8. The normalized spacial score (nSPS) is 10.2. The van der Waals surface area contributed by atoms with Crippen molar-refractivity contribution >= 4 is 17.5 Å². The number of carbonyl (C=O) groups excluding carboxylic acids is 1. The van der Waals surface area contributed by atoms with Gasteiger partial charge in [-0.3, -0.25) is 9.59 Å². The molecule has 1 N–H and O–H groups in total. The lowest BCUT2D eigenvalue weighted by atomic mass is 10.2. The van der Waals surface area contributed by atoms with Gasteiger partial charge < -0.3 is 5.32 Å². The van der Waals surface area contributed by atoms with E-state index in [-0.39, 0.29) is 17.2 Å². The van der Waals surface area contributed by atoms with Crippen LogP contribution >= 0.6 is 11.6 Å². The van der Waals surface area contributed by atoms with Crippen LogP contribution in [0.2, 0.25) is 5.02 Å². The van der Waals surface area contributed by atoms with Crippen LogP contribution in [0.15, 0.2) is 41.2 Å². The first kappa shape index (κ1) is 13.3. The molecule has 0 atom stereocenters. The zero-order valence-corrected chi connectivity index (χ0v) is 11.0. The third kappa shape index (κ3) is 3.42. The molecule has 98 valence electrons. The number of nitrogens with zero attached hydrogens (tertiary/aromatic N) is 2. The molecule has 1 heterocycles. The first-order valence-electron chi connectivity index (χ1n) is 5.63. The molecule has 0 fully saturated rings. The Labute approximate surface area is 114 Å². The molecule has 2 rings (SSSR count). The Morgan fingerprint density at radius 3 is 2.58 bits per heavy atom. The van der Waals surface area contributed by atoms with Gasteiger partial charge in [0, 0.05) is 24.7 Å². The molecular weight excluding hydrogens is 266 g/mol. The topological polar surface area (TPSA) is 64.0 Å². The maximum Gasteiger partial charge on any atom is 0.271 e. The van der Waals surface area contributed by atoms with Gasteiger partial charge in [0.25, 0.3) is 11.5 Å². The predicted octanol–water partition coefficient (Wildman–Crippen LogP) is 1.36. The minimum absolute atomic E-state index is 0.205. The van der Waals surface area contributed by atoms with Crippen LogP contribution in [0, 0.1) is 0 Å².